The van der Waals surface area contributed by atoms with Crippen molar-refractivity contribution in [2.45, 2.75) is 25.7 Å². The quantitative estimate of drug-likeness (QED) is 0.584. The summed E-state index contributed by atoms with van der Waals surface area (Å²) in [5, 5.41) is 1.12. The van der Waals surface area contributed by atoms with Crippen LogP contribution < -0.4 is 5.73 Å². The van der Waals surface area contributed by atoms with Crippen LogP contribution >= 0.6 is 0 Å². The van der Waals surface area contributed by atoms with E-state index >= 15 is 0 Å². The Labute approximate surface area is 139 Å². The van der Waals surface area contributed by atoms with Gasteiger partial charge in [-0.25, -0.2) is 9.97 Å². The van der Waals surface area contributed by atoms with Gasteiger partial charge < -0.3 is 10.3 Å². The van der Waals surface area contributed by atoms with E-state index in [-0.39, 0.29) is 0 Å². The first kappa shape index (κ1) is 13.5. The largest absolute Gasteiger partial charge is 0.382 e. The molecule has 0 fully saturated rings. The van der Waals surface area contributed by atoms with Gasteiger partial charge in [0.2, 0.25) is 0 Å². The molecule has 3 aromatic heterocycles. The minimum atomic E-state index is 0.530. The number of nitrogens with zero attached hydrogens (tertiary/aromatic N) is 4. The summed E-state index contributed by atoms with van der Waals surface area (Å²) < 4.78 is 2.22. The van der Waals surface area contributed by atoms with Crippen LogP contribution in [0.15, 0.2) is 42.9 Å². The van der Waals surface area contributed by atoms with Gasteiger partial charge in [0.05, 0.1) is 22.9 Å². The Morgan fingerprint density at radius 3 is 2.83 bits per heavy atom. The summed E-state index contributed by atoms with van der Waals surface area (Å²) in [6.07, 6.45) is 7.97. The fourth-order valence-electron chi connectivity index (χ4n) is 3.83. The Kier molecular flexibility index (Phi) is 2.82. The molecule has 1 aliphatic carbocycles. The lowest BCUT2D eigenvalue weighted by molar-refractivity contribution is 0.666. The number of pyridine rings is 1. The highest BCUT2D eigenvalue weighted by Crippen LogP contribution is 2.35. The monoisotopic (exact) mass is 315 g/mol. The van der Waals surface area contributed by atoms with Gasteiger partial charge in [-0.3, -0.25) is 4.98 Å². The molecule has 0 saturated carbocycles. The minimum absolute atomic E-state index is 0.530. The van der Waals surface area contributed by atoms with Crippen molar-refractivity contribution in [2.24, 2.45) is 0 Å². The number of para-hydroxylation sites is 1. The summed E-state index contributed by atoms with van der Waals surface area (Å²) in [6.45, 7) is 0. The van der Waals surface area contributed by atoms with Crippen molar-refractivity contribution < 1.29 is 0 Å². The second-order valence-corrected chi connectivity index (χ2v) is 6.31. The second kappa shape index (κ2) is 5.03. The molecule has 0 spiro atoms. The minimum Gasteiger partial charge on any atom is -0.382 e. The summed E-state index contributed by atoms with van der Waals surface area (Å²) in [5.74, 6) is 0.530. The first-order valence-electron chi connectivity index (χ1n) is 8.31. The molecule has 5 heteroatoms. The standard InChI is InChI=1S/C19H17N5/c20-19-18-17(22-11-23-19)14-6-2-4-8-16(14)24(18)13-9-12-5-1-3-7-15(12)21-10-13/h1,3,5,7,9-11H,2,4,6,8H2,(H2,20,22,23). The number of aromatic nitrogens is 4. The van der Waals surface area contributed by atoms with E-state index < -0.39 is 0 Å². The van der Waals surface area contributed by atoms with Gasteiger partial charge in [0, 0.05) is 11.1 Å². The molecule has 118 valence electrons. The topological polar surface area (TPSA) is 69.6 Å². The molecule has 1 aliphatic rings. The van der Waals surface area contributed by atoms with Crippen LogP contribution in [0.25, 0.3) is 27.6 Å². The molecule has 0 amide bonds. The number of fused-ring (bicyclic) bond motifs is 4. The van der Waals surface area contributed by atoms with E-state index in [9.17, 15) is 0 Å². The zero-order valence-electron chi connectivity index (χ0n) is 13.2. The summed E-state index contributed by atoms with van der Waals surface area (Å²) in [6, 6.07) is 10.3. The molecule has 0 unspecified atom stereocenters. The first-order valence-corrected chi connectivity index (χ1v) is 8.31. The number of benzene rings is 1. The lowest BCUT2D eigenvalue weighted by atomic mass is 9.97. The average Bonchev–Trinajstić information content (AvgIpc) is 2.97. The van der Waals surface area contributed by atoms with E-state index in [2.05, 4.69) is 31.7 Å². The highest BCUT2D eigenvalue weighted by Gasteiger charge is 2.23. The summed E-state index contributed by atoms with van der Waals surface area (Å²) in [5.41, 5.74) is 12.8. The van der Waals surface area contributed by atoms with Crippen LogP contribution in [0.1, 0.15) is 24.1 Å². The number of nitrogen functional groups attached to an aromatic ring is 1. The zero-order valence-corrected chi connectivity index (χ0v) is 13.2. The molecule has 4 aromatic rings. The summed E-state index contributed by atoms with van der Waals surface area (Å²) in [7, 11) is 0. The van der Waals surface area contributed by atoms with Gasteiger partial charge in [-0.2, -0.15) is 0 Å². The van der Waals surface area contributed by atoms with Crippen LogP contribution in [-0.2, 0) is 12.8 Å². The number of hydrogen-bond donors (Lipinski definition) is 1. The Hall–Kier alpha value is -2.95. The van der Waals surface area contributed by atoms with Gasteiger partial charge in [-0.15, -0.1) is 0 Å². The summed E-state index contributed by atoms with van der Waals surface area (Å²) in [4.78, 5) is 13.4. The number of nitrogens with two attached hydrogens (primary N) is 1. The van der Waals surface area contributed by atoms with Gasteiger partial charge in [-0.1, -0.05) is 18.2 Å². The number of aryl methyl sites for hydroxylation is 1. The third-order valence-corrected chi connectivity index (χ3v) is 4.90. The Morgan fingerprint density at radius 2 is 1.88 bits per heavy atom. The highest BCUT2D eigenvalue weighted by molar-refractivity contribution is 5.92. The number of anilines is 1. The molecule has 0 atom stereocenters. The highest BCUT2D eigenvalue weighted by atomic mass is 15.1. The van der Waals surface area contributed by atoms with Crippen molar-refractivity contribution >= 4 is 27.8 Å². The van der Waals surface area contributed by atoms with Crippen LogP contribution in [0.2, 0.25) is 0 Å². The molecular weight excluding hydrogens is 298 g/mol. The van der Waals surface area contributed by atoms with Crippen molar-refractivity contribution in [1.29, 1.82) is 0 Å². The number of rotatable bonds is 1. The Bertz CT molecular complexity index is 1080. The molecule has 5 nitrogen and oxygen atoms in total. The van der Waals surface area contributed by atoms with Crippen LogP contribution in [0.3, 0.4) is 0 Å². The molecule has 3 heterocycles. The molecule has 24 heavy (non-hydrogen) atoms. The molecule has 2 N–H and O–H groups in total. The van der Waals surface area contributed by atoms with Gasteiger partial charge in [0.1, 0.15) is 11.8 Å². The van der Waals surface area contributed by atoms with Crippen LogP contribution in [-0.4, -0.2) is 19.5 Å². The van der Waals surface area contributed by atoms with E-state index in [0.29, 0.717) is 5.82 Å². The maximum Gasteiger partial charge on any atom is 0.151 e. The fourth-order valence-corrected chi connectivity index (χ4v) is 3.83. The molecule has 0 aliphatic heterocycles. The van der Waals surface area contributed by atoms with Crippen molar-refractivity contribution in [3.63, 3.8) is 0 Å². The maximum absolute atomic E-state index is 6.23. The van der Waals surface area contributed by atoms with Crippen molar-refractivity contribution in [3.8, 4) is 5.69 Å². The predicted molar refractivity (Wildman–Crippen MR) is 95.2 cm³/mol. The Morgan fingerprint density at radius 1 is 1.00 bits per heavy atom. The third-order valence-electron chi connectivity index (χ3n) is 4.90. The first-order chi connectivity index (χ1) is 11.8. The maximum atomic E-state index is 6.23. The van der Waals surface area contributed by atoms with E-state index in [4.69, 9.17) is 5.73 Å². The Balaban J connectivity index is 1.87. The van der Waals surface area contributed by atoms with E-state index in [1.54, 1.807) is 6.33 Å². The molecule has 1 aromatic carbocycles. The summed E-state index contributed by atoms with van der Waals surface area (Å²) >= 11 is 0. The smallest absolute Gasteiger partial charge is 0.151 e. The molecular formula is C19H17N5. The fraction of sp³-hybridized carbons (Fsp3) is 0.211. The molecule has 0 radical (unpaired) electrons. The van der Waals surface area contributed by atoms with Gasteiger partial charge in [0.25, 0.3) is 0 Å². The normalized spacial score (nSPS) is 14.2. The van der Waals surface area contributed by atoms with Crippen molar-refractivity contribution in [3.05, 3.63) is 54.1 Å². The van der Waals surface area contributed by atoms with Crippen LogP contribution in [0, 0.1) is 0 Å². The van der Waals surface area contributed by atoms with E-state index in [0.717, 1.165) is 40.5 Å². The molecule has 5 rings (SSSR count). The van der Waals surface area contributed by atoms with E-state index in [1.807, 2.05) is 24.4 Å². The zero-order chi connectivity index (χ0) is 16.1. The van der Waals surface area contributed by atoms with Crippen LogP contribution in [0.5, 0.6) is 0 Å². The SMILES string of the molecule is Nc1ncnc2c3c(n(-c4cnc5ccccc5c4)c12)CCCC3. The molecule has 0 bridgehead atoms. The van der Waals surface area contributed by atoms with E-state index in [1.165, 1.54) is 24.1 Å². The number of hydrogen-bond acceptors (Lipinski definition) is 4. The van der Waals surface area contributed by atoms with Gasteiger partial charge in [0.15, 0.2) is 5.82 Å². The predicted octanol–water partition coefficient (Wildman–Crippen LogP) is 3.43. The average molecular weight is 315 g/mol. The van der Waals surface area contributed by atoms with Gasteiger partial charge >= 0.3 is 0 Å². The van der Waals surface area contributed by atoms with Crippen LogP contribution in [0.4, 0.5) is 5.82 Å². The second-order valence-electron chi connectivity index (χ2n) is 6.31. The van der Waals surface area contributed by atoms with Gasteiger partial charge in [-0.05, 0) is 43.4 Å². The molecule has 0 saturated heterocycles. The lowest BCUT2D eigenvalue weighted by Crippen LogP contribution is -2.07. The third kappa shape index (κ3) is 1.84. The lowest BCUT2D eigenvalue weighted by Gasteiger charge is -2.16. The van der Waals surface area contributed by atoms with Crippen molar-refractivity contribution in [1.82, 2.24) is 19.5 Å². The van der Waals surface area contributed by atoms with Crippen molar-refractivity contribution in [2.75, 3.05) is 5.73 Å².